The zero-order valence-corrected chi connectivity index (χ0v) is 11.6. The molecule has 2 atom stereocenters. The summed E-state index contributed by atoms with van der Waals surface area (Å²) in [4.78, 5) is 23.5. The Morgan fingerprint density at radius 3 is 2.44 bits per heavy atom. The van der Waals surface area contributed by atoms with Crippen molar-refractivity contribution in [3.63, 3.8) is 0 Å². The largest absolute Gasteiger partial charge is 0.481 e. The van der Waals surface area contributed by atoms with Gasteiger partial charge in [-0.05, 0) is 25.2 Å². The second-order valence-electron chi connectivity index (χ2n) is 5.73. The van der Waals surface area contributed by atoms with Crippen molar-refractivity contribution in [2.75, 3.05) is 20.3 Å². The monoisotopic (exact) mass is 257 g/mol. The molecule has 0 radical (unpaired) electrons. The van der Waals surface area contributed by atoms with E-state index in [4.69, 9.17) is 4.74 Å². The van der Waals surface area contributed by atoms with E-state index in [0.29, 0.717) is 26.0 Å². The number of rotatable bonds is 5. The molecule has 0 aliphatic heterocycles. The summed E-state index contributed by atoms with van der Waals surface area (Å²) in [7, 11) is 1.58. The molecule has 1 saturated carbocycles. The van der Waals surface area contributed by atoms with Crippen LogP contribution < -0.4 is 5.32 Å². The Morgan fingerprint density at radius 2 is 2.00 bits per heavy atom. The van der Waals surface area contributed by atoms with Crippen LogP contribution >= 0.6 is 0 Å². The summed E-state index contributed by atoms with van der Waals surface area (Å²) < 4.78 is 4.88. The van der Waals surface area contributed by atoms with Crippen molar-refractivity contribution in [3.8, 4) is 0 Å². The van der Waals surface area contributed by atoms with Crippen molar-refractivity contribution in [3.05, 3.63) is 0 Å². The highest BCUT2D eigenvalue weighted by molar-refractivity contribution is 5.83. The van der Waals surface area contributed by atoms with Gasteiger partial charge in [-0.1, -0.05) is 13.8 Å². The molecule has 18 heavy (non-hydrogen) atoms. The molecular formula is C13H23NO4. The first kappa shape index (κ1) is 15.0. The first-order chi connectivity index (χ1) is 8.27. The lowest BCUT2D eigenvalue weighted by Gasteiger charge is -2.37. The summed E-state index contributed by atoms with van der Waals surface area (Å²) in [6, 6.07) is 0. The molecule has 1 amide bonds. The van der Waals surface area contributed by atoms with Gasteiger partial charge >= 0.3 is 5.97 Å². The summed E-state index contributed by atoms with van der Waals surface area (Å²) in [6.45, 7) is 6.40. The fourth-order valence-electron chi connectivity index (χ4n) is 2.74. The van der Waals surface area contributed by atoms with Crippen LogP contribution in [0.5, 0.6) is 0 Å². The van der Waals surface area contributed by atoms with Crippen LogP contribution in [0.3, 0.4) is 0 Å². The Kier molecular flexibility index (Phi) is 4.37. The van der Waals surface area contributed by atoms with Crippen LogP contribution in [0, 0.1) is 16.7 Å². The highest BCUT2D eigenvalue weighted by Gasteiger charge is 2.58. The molecule has 0 spiro atoms. The van der Waals surface area contributed by atoms with Crippen molar-refractivity contribution in [1.82, 2.24) is 5.32 Å². The van der Waals surface area contributed by atoms with Crippen LogP contribution in [0.2, 0.25) is 0 Å². The number of aliphatic carboxylic acids is 1. The van der Waals surface area contributed by atoms with Gasteiger partial charge in [-0.3, -0.25) is 9.59 Å². The average Bonchev–Trinajstić information content (AvgIpc) is 2.52. The van der Waals surface area contributed by atoms with E-state index in [9.17, 15) is 14.7 Å². The first-order valence-corrected chi connectivity index (χ1v) is 6.27. The van der Waals surface area contributed by atoms with Crippen molar-refractivity contribution >= 4 is 11.9 Å². The molecule has 0 aromatic carbocycles. The van der Waals surface area contributed by atoms with Crippen LogP contribution in [0.25, 0.3) is 0 Å². The van der Waals surface area contributed by atoms with Gasteiger partial charge in [0.1, 0.15) is 0 Å². The Labute approximate surface area is 108 Å². The molecule has 0 aromatic heterocycles. The Hall–Kier alpha value is -1.10. The summed E-state index contributed by atoms with van der Waals surface area (Å²) in [6.07, 6.45) is 1.16. The van der Waals surface area contributed by atoms with Crippen molar-refractivity contribution < 1.29 is 19.4 Å². The van der Waals surface area contributed by atoms with Crippen LogP contribution in [0.15, 0.2) is 0 Å². The van der Waals surface area contributed by atoms with Crippen molar-refractivity contribution in [2.45, 2.75) is 33.6 Å². The molecule has 0 aromatic rings. The minimum atomic E-state index is -0.837. The second-order valence-corrected chi connectivity index (χ2v) is 5.73. The lowest BCUT2D eigenvalue weighted by Crippen LogP contribution is -2.45. The summed E-state index contributed by atoms with van der Waals surface area (Å²) >= 11 is 0. The van der Waals surface area contributed by atoms with E-state index in [1.807, 2.05) is 13.8 Å². The lowest BCUT2D eigenvalue weighted by molar-refractivity contribution is -0.155. The smallest absolute Gasteiger partial charge is 0.309 e. The quantitative estimate of drug-likeness (QED) is 0.727. The lowest BCUT2D eigenvalue weighted by atomic mass is 9.65. The number of carboxylic acid groups (broad SMARTS) is 1. The molecule has 0 bridgehead atoms. The third-order valence-corrected chi connectivity index (χ3v) is 4.62. The van der Waals surface area contributed by atoms with Gasteiger partial charge in [0.2, 0.25) is 5.91 Å². The van der Waals surface area contributed by atoms with E-state index < -0.39 is 16.8 Å². The van der Waals surface area contributed by atoms with Gasteiger partial charge in [-0.2, -0.15) is 0 Å². The van der Waals surface area contributed by atoms with Gasteiger partial charge in [-0.15, -0.1) is 0 Å². The van der Waals surface area contributed by atoms with E-state index in [-0.39, 0.29) is 11.8 Å². The number of hydrogen-bond donors (Lipinski definition) is 2. The second kappa shape index (κ2) is 5.26. The molecule has 2 N–H and O–H groups in total. The zero-order chi connectivity index (χ0) is 14.0. The number of methoxy groups -OCH3 is 1. The fraction of sp³-hybridized carbons (Fsp3) is 0.846. The molecule has 104 valence electrons. The Balaban J connectivity index is 2.75. The van der Waals surface area contributed by atoms with E-state index in [1.54, 1.807) is 14.0 Å². The van der Waals surface area contributed by atoms with Crippen LogP contribution in [0.4, 0.5) is 0 Å². The highest BCUT2D eigenvalue weighted by atomic mass is 16.5. The third-order valence-electron chi connectivity index (χ3n) is 4.62. The number of nitrogens with one attached hydrogen (secondary N) is 1. The van der Waals surface area contributed by atoms with E-state index in [1.165, 1.54) is 0 Å². The maximum atomic E-state index is 12.1. The van der Waals surface area contributed by atoms with Gasteiger partial charge in [0.15, 0.2) is 0 Å². The Bertz CT molecular complexity index is 340. The maximum absolute atomic E-state index is 12.1. The molecule has 0 unspecified atom stereocenters. The standard InChI is InChI=1S/C13H23NO4/c1-12(2)9(10(15)14-7-8-18-4)5-6-13(12,3)11(16)17/h9H,5-8H2,1-4H3,(H,14,15)(H,16,17)/t9-,13-/m1/s1. The minimum absolute atomic E-state index is 0.0676. The topological polar surface area (TPSA) is 75.6 Å². The minimum Gasteiger partial charge on any atom is -0.481 e. The molecule has 0 saturated heterocycles. The number of hydrogen-bond acceptors (Lipinski definition) is 3. The van der Waals surface area contributed by atoms with E-state index >= 15 is 0 Å². The maximum Gasteiger partial charge on any atom is 0.309 e. The fourth-order valence-corrected chi connectivity index (χ4v) is 2.74. The van der Waals surface area contributed by atoms with Crippen LogP contribution in [0.1, 0.15) is 33.6 Å². The van der Waals surface area contributed by atoms with Crippen LogP contribution in [-0.2, 0) is 14.3 Å². The van der Waals surface area contributed by atoms with Crippen LogP contribution in [-0.4, -0.2) is 37.2 Å². The summed E-state index contributed by atoms with van der Waals surface area (Å²) in [5.41, 5.74) is -1.38. The number of carbonyl (C=O) groups is 2. The molecule has 1 aliphatic rings. The Morgan fingerprint density at radius 1 is 1.39 bits per heavy atom. The summed E-state index contributed by atoms with van der Waals surface area (Å²) in [5.74, 6) is -1.14. The predicted molar refractivity (Wildman–Crippen MR) is 67.1 cm³/mol. The first-order valence-electron chi connectivity index (χ1n) is 6.27. The van der Waals surface area contributed by atoms with Gasteiger partial charge < -0.3 is 15.2 Å². The number of ether oxygens (including phenoxy) is 1. The molecule has 1 fully saturated rings. The van der Waals surface area contributed by atoms with Gasteiger partial charge in [0, 0.05) is 19.6 Å². The van der Waals surface area contributed by atoms with E-state index in [2.05, 4.69) is 5.32 Å². The number of carbonyl (C=O) groups excluding carboxylic acids is 1. The normalized spacial score (nSPS) is 30.1. The molecular weight excluding hydrogens is 234 g/mol. The average molecular weight is 257 g/mol. The number of carboxylic acids is 1. The van der Waals surface area contributed by atoms with Gasteiger partial charge in [-0.25, -0.2) is 0 Å². The SMILES string of the molecule is COCCNC(=O)[C@H]1CC[C@](C)(C(=O)O)C1(C)C. The van der Waals surface area contributed by atoms with Crippen molar-refractivity contribution in [1.29, 1.82) is 0 Å². The molecule has 1 aliphatic carbocycles. The third kappa shape index (κ3) is 2.36. The zero-order valence-electron chi connectivity index (χ0n) is 11.6. The molecule has 0 heterocycles. The van der Waals surface area contributed by atoms with Crippen molar-refractivity contribution in [2.24, 2.45) is 16.7 Å². The number of amides is 1. The van der Waals surface area contributed by atoms with Gasteiger partial charge in [0.05, 0.1) is 12.0 Å². The highest BCUT2D eigenvalue weighted by Crippen LogP contribution is 2.56. The summed E-state index contributed by atoms with van der Waals surface area (Å²) in [5, 5.41) is 12.2. The molecule has 5 nitrogen and oxygen atoms in total. The van der Waals surface area contributed by atoms with Gasteiger partial charge in [0.25, 0.3) is 0 Å². The van der Waals surface area contributed by atoms with E-state index in [0.717, 1.165) is 0 Å². The predicted octanol–water partition coefficient (Wildman–Crippen LogP) is 1.28. The molecule has 5 heteroatoms. The molecule has 1 rings (SSSR count).